The van der Waals surface area contributed by atoms with Gasteiger partial charge in [0.25, 0.3) is 0 Å². The Labute approximate surface area is 190 Å². The highest BCUT2D eigenvalue weighted by Crippen LogP contribution is 2.45. The van der Waals surface area contributed by atoms with Gasteiger partial charge in [-0.15, -0.1) is 5.10 Å². The average molecular weight is 441 g/mol. The van der Waals surface area contributed by atoms with E-state index >= 15 is 0 Å². The molecule has 166 valence electrons. The fourth-order valence-corrected chi connectivity index (χ4v) is 4.39. The summed E-state index contributed by atoms with van der Waals surface area (Å²) >= 11 is 0. The van der Waals surface area contributed by atoms with E-state index in [9.17, 15) is 5.26 Å². The first-order valence-electron chi connectivity index (χ1n) is 10.6. The predicted octanol–water partition coefficient (Wildman–Crippen LogP) is 3.98. The topological polar surface area (TPSA) is 111 Å². The number of nitrogens with one attached hydrogen (secondary N) is 1. The zero-order valence-corrected chi connectivity index (χ0v) is 18.3. The van der Waals surface area contributed by atoms with Crippen molar-refractivity contribution in [2.24, 2.45) is 5.73 Å². The Bertz CT molecular complexity index is 1410. The van der Waals surface area contributed by atoms with Crippen LogP contribution in [0.2, 0.25) is 0 Å². The molecule has 33 heavy (non-hydrogen) atoms. The lowest BCUT2D eigenvalue weighted by atomic mass is 9.84. The first-order valence-corrected chi connectivity index (χ1v) is 10.6. The molecule has 3 N–H and O–H groups in total. The second-order valence-electron chi connectivity index (χ2n) is 7.79. The van der Waals surface area contributed by atoms with Gasteiger partial charge in [0.2, 0.25) is 11.8 Å². The summed E-state index contributed by atoms with van der Waals surface area (Å²) in [5.41, 5.74) is 10.2. The molecule has 0 fully saturated rings. The van der Waals surface area contributed by atoms with Gasteiger partial charge in [0.1, 0.15) is 18.2 Å². The molecule has 0 saturated carbocycles. The van der Waals surface area contributed by atoms with Gasteiger partial charge < -0.3 is 24.5 Å². The zero-order valence-electron chi connectivity index (χ0n) is 18.3. The summed E-state index contributed by atoms with van der Waals surface area (Å²) in [6.45, 7) is 2.98. The number of methoxy groups -OCH3 is 1. The number of hydrogen-bond donors (Lipinski definition) is 2. The fraction of sp³-hybridized carbons (Fsp3) is 0.200. The molecule has 0 radical (unpaired) electrons. The van der Waals surface area contributed by atoms with Crippen molar-refractivity contribution in [1.82, 2.24) is 14.8 Å². The number of aromatic amines is 1. The average Bonchev–Trinajstić information content (AvgIpc) is 3.39. The van der Waals surface area contributed by atoms with Crippen LogP contribution in [-0.2, 0) is 6.54 Å². The van der Waals surface area contributed by atoms with Crippen molar-refractivity contribution >= 4 is 10.9 Å². The molecule has 5 rings (SSSR count). The molecule has 8 nitrogen and oxygen atoms in total. The van der Waals surface area contributed by atoms with Crippen molar-refractivity contribution in [3.05, 3.63) is 83.0 Å². The van der Waals surface area contributed by atoms with Crippen LogP contribution in [0.5, 0.6) is 17.4 Å². The first-order chi connectivity index (χ1) is 16.1. The number of para-hydroxylation sites is 3. The van der Waals surface area contributed by atoms with Crippen molar-refractivity contribution in [3.8, 4) is 23.4 Å². The fourth-order valence-electron chi connectivity index (χ4n) is 4.39. The van der Waals surface area contributed by atoms with Gasteiger partial charge in [-0.2, -0.15) is 5.26 Å². The zero-order chi connectivity index (χ0) is 22.9. The Morgan fingerprint density at radius 2 is 1.94 bits per heavy atom. The Hall–Kier alpha value is -4.38. The van der Waals surface area contributed by atoms with Crippen molar-refractivity contribution in [1.29, 1.82) is 5.26 Å². The molecule has 0 bridgehead atoms. The smallest absolute Gasteiger partial charge is 0.244 e. The largest absolute Gasteiger partial charge is 0.493 e. The van der Waals surface area contributed by atoms with E-state index in [-0.39, 0.29) is 11.8 Å². The standard InChI is InChI=1S/C25H23N5O3/c1-15-22-23(17(13-26)24(27)33-25(22)29-28-15)18-14-30(19-8-4-3-7-16(18)19)11-12-32-21-10-6-5-9-20(21)31-2/h3-10,14,23H,11-12,27H2,1-2H3,(H,28,29)/t23-/m0/s1. The van der Waals surface area contributed by atoms with Gasteiger partial charge in [0, 0.05) is 28.4 Å². The molecular weight excluding hydrogens is 418 g/mol. The summed E-state index contributed by atoms with van der Waals surface area (Å²) in [7, 11) is 1.62. The van der Waals surface area contributed by atoms with Gasteiger partial charge in [0.05, 0.1) is 19.6 Å². The van der Waals surface area contributed by atoms with Gasteiger partial charge in [-0.25, -0.2) is 0 Å². The minimum absolute atomic E-state index is 0.0813. The van der Waals surface area contributed by atoms with Crippen LogP contribution < -0.4 is 19.9 Å². The van der Waals surface area contributed by atoms with E-state index in [2.05, 4.69) is 39.2 Å². The molecule has 2 aromatic heterocycles. The summed E-state index contributed by atoms with van der Waals surface area (Å²) in [6.07, 6.45) is 2.06. The van der Waals surface area contributed by atoms with Crippen molar-refractivity contribution < 1.29 is 14.2 Å². The first kappa shape index (κ1) is 20.5. The van der Waals surface area contributed by atoms with Crippen LogP contribution in [0.25, 0.3) is 10.9 Å². The van der Waals surface area contributed by atoms with Crippen LogP contribution in [0, 0.1) is 18.3 Å². The number of aryl methyl sites for hydroxylation is 1. The molecule has 1 aliphatic heterocycles. The highest BCUT2D eigenvalue weighted by atomic mass is 16.5. The number of nitrogens with zero attached hydrogens (tertiary/aromatic N) is 3. The van der Waals surface area contributed by atoms with Crippen molar-refractivity contribution in [2.75, 3.05) is 13.7 Å². The van der Waals surface area contributed by atoms with E-state index in [1.165, 1.54) is 0 Å². The number of nitrogens with two attached hydrogens (primary N) is 1. The highest BCUT2D eigenvalue weighted by molar-refractivity contribution is 5.86. The van der Waals surface area contributed by atoms with E-state index < -0.39 is 0 Å². The maximum absolute atomic E-state index is 9.91. The third kappa shape index (κ3) is 3.44. The number of rotatable bonds is 6. The molecule has 3 heterocycles. The number of fused-ring (bicyclic) bond motifs is 2. The van der Waals surface area contributed by atoms with Crippen molar-refractivity contribution in [3.63, 3.8) is 0 Å². The quantitative estimate of drug-likeness (QED) is 0.468. The monoisotopic (exact) mass is 441 g/mol. The molecule has 4 aromatic rings. The lowest BCUT2D eigenvalue weighted by Gasteiger charge is -2.23. The summed E-state index contributed by atoms with van der Waals surface area (Å²) in [5, 5.41) is 18.1. The SMILES string of the molecule is COc1ccccc1OCCn1cc([C@@H]2C(C#N)=C(N)Oc3n[nH]c(C)c32)c2ccccc21. The maximum Gasteiger partial charge on any atom is 0.244 e. The Kier molecular flexibility index (Phi) is 5.15. The Morgan fingerprint density at radius 3 is 2.73 bits per heavy atom. The Balaban J connectivity index is 1.53. The summed E-state index contributed by atoms with van der Waals surface area (Å²) in [4.78, 5) is 0. The highest BCUT2D eigenvalue weighted by Gasteiger charge is 2.35. The van der Waals surface area contributed by atoms with Crippen LogP contribution >= 0.6 is 0 Å². The number of hydrogen-bond acceptors (Lipinski definition) is 6. The molecule has 0 amide bonds. The van der Waals surface area contributed by atoms with Gasteiger partial charge >= 0.3 is 0 Å². The molecule has 0 spiro atoms. The molecule has 0 unspecified atom stereocenters. The predicted molar refractivity (Wildman–Crippen MR) is 123 cm³/mol. The van der Waals surface area contributed by atoms with Gasteiger partial charge in [-0.3, -0.25) is 5.10 Å². The molecule has 0 saturated heterocycles. The lowest BCUT2D eigenvalue weighted by molar-refractivity contribution is 0.281. The van der Waals surface area contributed by atoms with Crippen molar-refractivity contribution in [2.45, 2.75) is 19.4 Å². The van der Waals surface area contributed by atoms with E-state index in [0.717, 1.165) is 27.7 Å². The van der Waals surface area contributed by atoms with E-state index in [4.69, 9.17) is 19.9 Å². The number of nitriles is 1. The molecule has 0 aliphatic carbocycles. The Morgan fingerprint density at radius 1 is 1.18 bits per heavy atom. The number of allylic oxidation sites excluding steroid dienone is 1. The van der Waals surface area contributed by atoms with Crippen LogP contribution in [0.4, 0.5) is 0 Å². The third-order valence-corrected chi connectivity index (χ3v) is 5.92. The summed E-state index contributed by atoms with van der Waals surface area (Å²) < 4.78 is 19.1. The van der Waals surface area contributed by atoms with Gasteiger partial charge in [0.15, 0.2) is 11.5 Å². The van der Waals surface area contributed by atoms with Crippen LogP contribution in [-0.4, -0.2) is 28.5 Å². The normalized spacial score (nSPS) is 15.1. The van der Waals surface area contributed by atoms with Gasteiger partial charge in [-0.1, -0.05) is 30.3 Å². The van der Waals surface area contributed by atoms with Crippen LogP contribution in [0.3, 0.4) is 0 Å². The molecule has 1 atom stereocenters. The number of benzene rings is 2. The lowest BCUT2D eigenvalue weighted by Crippen LogP contribution is -2.21. The molecule has 2 aromatic carbocycles. The summed E-state index contributed by atoms with van der Waals surface area (Å²) in [5.74, 6) is 1.50. The van der Waals surface area contributed by atoms with Crippen LogP contribution in [0.1, 0.15) is 22.7 Å². The second kappa shape index (κ2) is 8.28. The minimum atomic E-state index is -0.376. The number of aromatic nitrogens is 3. The number of ether oxygens (including phenoxy) is 3. The van der Waals surface area contributed by atoms with Gasteiger partial charge in [-0.05, 0) is 30.7 Å². The third-order valence-electron chi connectivity index (χ3n) is 5.92. The summed E-state index contributed by atoms with van der Waals surface area (Å²) in [6, 6.07) is 17.9. The van der Waals surface area contributed by atoms with E-state index in [0.29, 0.717) is 36.1 Å². The van der Waals surface area contributed by atoms with Crippen LogP contribution in [0.15, 0.2) is 66.2 Å². The van der Waals surface area contributed by atoms with E-state index in [1.54, 1.807) is 7.11 Å². The molecule has 8 heteroatoms. The second-order valence-corrected chi connectivity index (χ2v) is 7.79. The minimum Gasteiger partial charge on any atom is -0.493 e. The maximum atomic E-state index is 9.91. The number of H-pyrrole nitrogens is 1. The molecular formula is C25H23N5O3. The molecule has 1 aliphatic rings. The van der Waals surface area contributed by atoms with E-state index in [1.807, 2.05) is 43.3 Å².